The highest BCUT2D eigenvalue weighted by molar-refractivity contribution is 5.87. The molecule has 0 spiro atoms. The van der Waals surface area contributed by atoms with Gasteiger partial charge >= 0.3 is 0 Å². The van der Waals surface area contributed by atoms with Crippen LogP contribution in [0.2, 0.25) is 0 Å². The van der Waals surface area contributed by atoms with E-state index in [1.807, 2.05) is 74.7 Å². The summed E-state index contributed by atoms with van der Waals surface area (Å²) in [5.74, 6) is 1.69. The lowest BCUT2D eigenvalue weighted by Crippen LogP contribution is -2.34. The molecule has 1 aromatic carbocycles. The van der Waals surface area contributed by atoms with E-state index in [9.17, 15) is 10.2 Å². The number of rotatable bonds is 6. The number of aliphatic hydroxyl groups is 2. The number of aliphatic hydroxyl groups excluding tert-OH is 2. The number of hydrogen-bond donors (Lipinski definition) is 3. The molecule has 0 unspecified atom stereocenters. The van der Waals surface area contributed by atoms with Crippen molar-refractivity contribution < 1.29 is 19.7 Å². The summed E-state index contributed by atoms with van der Waals surface area (Å²) in [6.45, 7) is 0.0289. The average Bonchev–Trinajstić information content (AvgIpc) is 3.59. The van der Waals surface area contributed by atoms with Gasteiger partial charge in [0, 0.05) is 44.4 Å². The molecule has 1 aliphatic heterocycles. The van der Waals surface area contributed by atoms with Crippen molar-refractivity contribution in [1.82, 2.24) is 29.4 Å². The molecule has 4 aromatic heterocycles. The van der Waals surface area contributed by atoms with Gasteiger partial charge in [-0.1, -0.05) is 0 Å². The Labute approximate surface area is 217 Å². The molecule has 38 heavy (non-hydrogen) atoms. The molecule has 0 radical (unpaired) electrons. The average molecular weight is 517 g/mol. The van der Waals surface area contributed by atoms with E-state index in [4.69, 9.17) is 15.2 Å². The Kier molecular flexibility index (Phi) is 5.86. The van der Waals surface area contributed by atoms with Crippen LogP contribution in [0.25, 0.3) is 27.7 Å². The quantitative estimate of drug-likeness (QED) is 0.304. The van der Waals surface area contributed by atoms with Gasteiger partial charge in [0.15, 0.2) is 5.82 Å². The van der Waals surface area contributed by atoms with Gasteiger partial charge in [-0.05, 0) is 36.4 Å². The number of aryl methyl sites for hydroxylation is 1. The van der Waals surface area contributed by atoms with E-state index in [0.717, 1.165) is 16.7 Å². The standard InChI is InChI=1S/C26H28N8O4/c1-32(2)21-7-5-14-4-6-15(10-18(14)30-21)37-12-20-23(35)24(36)25(38-20)19-11-16(17-8-9-33(3)31-17)22-26(27)28-13-29-34(19)22/h4-11,13,20,23-25,35-36H,12H2,1-3H3,(H2,27,28,29)/t20-,23-,24-,25+/m1/s1. The normalized spacial score (nSPS) is 21.4. The van der Waals surface area contributed by atoms with Crippen LogP contribution in [0.15, 0.2) is 55.0 Å². The van der Waals surface area contributed by atoms with Crippen molar-refractivity contribution in [2.24, 2.45) is 7.05 Å². The van der Waals surface area contributed by atoms with Gasteiger partial charge in [0.05, 0.1) is 16.9 Å². The van der Waals surface area contributed by atoms with Crippen molar-refractivity contribution in [1.29, 1.82) is 0 Å². The first-order chi connectivity index (χ1) is 18.3. The van der Waals surface area contributed by atoms with Crippen molar-refractivity contribution in [3.05, 3.63) is 60.7 Å². The van der Waals surface area contributed by atoms with Gasteiger partial charge in [0.1, 0.15) is 54.4 Å². The van der Waals surface area contributed by atoms with Crippen LogP contribution in [0.3, 0.4) is 0 Å². The first kappa shape index (κ1) is 24.1. The Morgan fingerprint density at radius 2 is 1.92 bits per heavy atom. The fourth-order valence-electron chi connectivity index (χ4n) is 4.78. The summed E-state index contributed by atoms with van der Waals surface area (Å²) >= 11 is 0. The maximum absolute atomic E-state index is 11.0. The Balaban J connectivity index is 1.26. The van der Waals surface area contributed by atoms with Crippen molar-refractivity contribution in [2.45, 2.75) is 24.4 Å². The van der Waals surface area contributed by atoms with Crippen LogP contribution < -0.4 is 15.4 Å². The highest BCUT2D eigenvalue weighted by atomic mass is 16.6. The zero-order valence-corrected chi connectivity index (χ0v) is 21.1. The lowest BCUT2D eigenvalue weighted by molar-refractivity contribution is -0.0187. The van der Waals surface area contributed by atoms with Crippen molar-refractivity contribution in [2.75, 3.05) is 31.3 Å². The number of nitrogens with two attached hydrogens (primary N) is 1. The molecule has 0 bridgehead atoms. The number of hydrogen-bond acceptors (Lipinski definition) is 10. The van der Waals surface area contributed by atoms with Gasteiger partial charge in [-0.2, -0.15) is 10.2 Å². The summed E-state index contributed by atoms with van der Waals surface area (Å²) in [4.78, 5) is 10.7. The number of nitrogens with zero attached hydrogens (tertiary/aromatic N) is 7. The SMILES string of the molecule is CN(C)c1ccc2ccc(OC[C@H]3O[C@@H](c4cc(-c5ccn(C)n5)c5c(N)ncnn45)[C@H](O)[C@@H]3O)cc2n1. The van der Waals surface area contributed by atoms with E-state index < -0.39 is 24.4 Å². The predicted molar refractivity (Wildman–Crippen MR) is 141 cm³/mol. The van der Waals surface area contributed by atoms with Crippen LogP contribution in [0.5, 0.6) is 5.75 Å². The topological polar surface area (TPSA) is 149 Å². The summed E-state index contributed by atoms with van der Waals surface area (Å²) in [6, 6.07) is 13.2. The van der Waals surface area contributed by atoms with Crippen molar-refractivity contribution in [3.63, 3.8) is 0 Å². The van der Waals surface area contributed by atoms with Crippen LogP contribution >= 0.6 is 0 Å². The van der Waals surface area contributed by atoms with Gasteiger partial charge < -0.3 is 30.3 Å². The van der Waals surface area contributed by atoms with Crippen LogP contribution in [-0.4, -0.2) is 78.6 Å². The van der Waals surface area contributed by atoms with Crippen molar-refractivity contribution in [3.8, 4) is 17.0 Å². The second-order valence-corrected chi connectivity index (χ2v) is 9.57. The molecule has 0 saturated carbocycles. The first-order valence-electron chi connectivity index (χ1n) is 12.1. The minimum absolute atomic E-state index is 0.0289. The second kappa shape index (κ2) is 9.24. The molecule has 196 valence electrons. The summed E-state index contributed by atoms with van der Waals surface area (Å²) < 4.78 is 15.4. The van der Waals surface area contributed by atoms with Gasteiger partial charge in [-0.15, -0.1) is 0 Å². The molecule has 0 amide bonds. The van der Waals surface area contributed by atoms with Crippen LogP contribution in [0, 0.1) is 0 Å². The Morgan fingerprint density at radius 3 is 2.68 bits per heavy atom. The third kappa shape index (κ3) is 4.08. The number of ether oxygens (including phenoxy) is 2. The largest absolute Gasteiger partial charge is 0.491 e. The minimum Gasteiger partial charge on any atom is -0.491 e. The molecule has 4 N–H and O–H groups in total. The number of benzene rings is 1. The smallest absolute Gasteiger partial charge is 0.152 e. The Bertz CT molecular complexity index is 1630. The van der Waals surface area contributed by atoms with Crippen LogP contribution in [-0.2, 0) is 11.8 Å². The minimum atomic E-state index is -1.21. The third-order valence-corrected chi connectivity index (χ3v) is 6.78. The first-order valence-corrected chi connectivity index (χ1v) is 12.1. The summed E-state index contributed by atoms with van der Waals surface area (Å²) in [5.41, 5.74) is 9.43. The van der Waals surface area contributed by atoms with E-state index >= 15 is 0 Å². The zero-order chi connectivity index (χ0) is 26.6. The third-order valence-electron chi connectivity index (χ3n) is 6.78. The molecule has 6 rings (SSSR count). The highest BCUT2D eigenvalue weighted by Crippen LogP contribution is 2.39. The number of anilines is 2. The summed E-state index contributed by atoms with van der Waals surface area (Å²) in [5, 5.41) is 31.6. The molecular weight excluding hydrogens is 488 g/mol. The van der Waals surface area contributed by atoms with E-state index in [2.05, 4.69) is 20.2 Å². The van der Waals surface area contributed by atoms with E-state index in [1.165, 1.54) is 6.33 Å². The molecular formula is C26H28N8O4. The highest BCUT2D eigenvalue weighted by Gasteiger charge is 2.45. The lowest BCUT2D eigenvalue weighted by Gasteiger charge is -2.16. The molecule has 1 saturated heterocycles. The second-order valence-electron chi connectivity index (χ2n) is 9.57. The van der Waals surface area contributed by atoms with Crippen LogP contribution in [0.4, 0.5) is 11.6 Å². The molecule has 5 heterocycles. The molecule has 0 aliphatic carbocycles. The maximum atomic E-state index is 11.0. The zero-order valence-electron chi connectivity index (χ0n) is 21.1. The molecule has 12 nitrogen and oxygen atoms in total. The maximum Gasteiger partial charge on any atom is 0.152 e. The van der Waals surface area contributed by atoms with Gasteiger partial charge in [-0.25, -0.2) is 14.5 Å². The molecule has 5 aromatic rings. The van der Waals surface area contributed by atoms with Gasteiger partial charge in [-0.3, -0.25) is 4.68 Å². The van der Waals surface area contributed by atoms with Crippen molar-refractivity contribution >= 4 is 28.1 Å². The number of fused-ring (bicyclic) bond motifs is 2. The molecule has 12 heteroatoms. The number of aromatic nitrogens is 6. The van der Waals surface area contributed by atoms with Gasteiger partial charge in [0.25, 0.3) is 0 Å². The monoisotopic (exact) mass is 516 g/mol. The molecule has 4 atom stereocenters. The fraction of sp³-hybridized carbons (Fsp3) is 0.308. The van der Waals surface area contributed by atoms with E-state index in [-0.39, 0.29) is 12.4 Å². The van der Waals surface area contributed by atoms with Crippen LogP contribution in [0.1, 0.15) is 11.8 Å². The Morgan fingerprint density at radius 1 is 1.11 bits per heavy atom. The molecule has 1 aliphatic rings. The van der Waals surface area contributed by atoms with E-state index in [0.29, 0.717) is 28.2 Å². The predicted octanol–water partition coefficient (Wildman–Crippen LogP) is 1.57. The lowest BCUT2D eigenvalue weighted by atomic mass is 10.1. The molecule has 1 fully saturated rings. The number of nitrogen functional groups attached to an aromatic ring is 1. The summed E-state index contributed by atoms with van der Waals surface area (Å²) in [7, 11) is 5.69. The number of pyridine rings is 1. The fourth-order valence-corrected chi connectivity index (χ4v) is 4.78. The Hall–Kier alpha value is -4.26. The summed E-state index contributed by atoms with van der Waals surface area (Å²) in [6.07, 6.45) is -0.895. The van der Waals surface area contributed by atoms with Gasteiger partial charge in [0.2, 0.25) is 0 Å². The van der Waals surface area contributed by atoms with E-state index in [1.54, 1.807) is 9.20 Å².